The fourth-order valence-electron chi connectivity index (χ4n) is 4.28. The normalized spacial score (nSPS) is 14.4. The van der Waals surface area contributed by atoms with Gasteiger partial charge in [0.15, 0.2) is 0 Å². The van der Waals surface area contributed by atoms with Crippen molar-refractivity contribution in [2.45, 2.75) is 12.7 Å². The number of nitrogens with one attached hydrogen (secondary N) is 1. The molecule has 0 radical (unpaired) electrons. The summed E-state index contributed by atoms with van der Waals surface area (Å²) in [6, 6.07) is 22.3. The zero-order valence-electron chi connectivity index (χ0n) is 18.9. The van der Waals surface area contributed by atoms with E-state index in [0.717, 1.165) is 29.1 Å². The minimum atomic E-state index is -4.41. The lowest BCUT2D eigenvalue weighted by Crippen LogP contribution is -2.50. The van der Waals surface area contributed by atoms with Gasteiger partial charge in [-0.2, -0.15) is 13.2 Å². The molecule has 2 amide bonds. The summed E-state index contributed by atoms with van der Waals surface area (Å²) >= 11 is 0. The monoisotopic (exact) mass is 479 g/mol. The third-order valence-electron chi connectivity index (χ3n) is 6.13. The number of halogens is 3. The number of imidazole rings is 1. The van der Waals surface area contributed by atoms with Crippen LogP contribution >= 0.6 is 0 Å². The number of hydrogen-bond acceptors (Lipinski definition) is 3. The number of carbonyl (C=O) groups is 1. The molecule has 4 aromatic rings. The van der Waals surface area contributed by atoms with Gasteiger partial charge in [0.25, 0.3) is 0 Å². The van der Waals surface area contributed by atoms with E-state index >= 15 is 0 Å². The summed E-state index contributed by atoms with van der Waals surface area (Å²) in [7, 11) is 0. The lowest BCUT2D eigenvalue weighted by Gasteiger charge is -2.35. The maximum Gasteiger partial charge on any atom is 0.416 e. The first-order valence-electron chi connectivity index (χ1n) is 11.4. The van der Waals surface area contributed by atoms with Gasteiger partial charge in [0.1, 0.15) is 0 Å². The second-order valence-electron chi connectivity index (χ2n) is 8.45. The van der Waals surface area contributed by atoms with Crippen LogP contribution in [0.15, 0.2) is 78.9 Å². The van der Waals surface area contributed by atoms with E-state index in [-0.39, 0.29) is 6.03 Å². The van der Waals surface area contributed by atoms with Crippen LogP contribution in [0.5, 0.6) is 0 Å². The Bertz CT molecular complexity index is 1310. The lowest BCUT2D eigenvalue weighted by molar-refractivity contribution is -0.137. The van der Waals surface area contributed by atoms with Crippen LogP contribution in [0, 0.1) is 0 Å². The van der Waals surface area contributed by atoms with Crippen LogP contribution in [-0.4, -0.2) is 46.7 Å². The van der Waals surface area contributed by atoms with Crippen molar-refractivity contribution >= 4 is 28.7 Å². The van der Waals surface area contributed by atoms with Crippen LogP contribution in [0.1, 0.15) is 11.1 Å². The SMILES string of the molecule is O=C(Nc1ccc(C(F)(F)F)cc1)N1CCN(c2nc3ccccc3n2Cc2ccccc2)CC1. The van der Waals surface area contributed by atoms with Crippen LogP contribution in [0.25, 0.3) is 11.0 Å². The van der Waals surface area contributed by atoms with Crippen LogP contribution in [0.3, 0.4) is 0 Å². The number of carbonyl (C=O) groups excluding carboxylic acids is 1. The average molecular weight is 480 g/mol. The standard InChI is InChI=1S/C26H24F3N5O/c27-26(28,29)20-10-12-21(13-11-20)30-25(35)33-16-14-32(15-17-33)24-31-22-8-4-5-9-23(22)34(24)18-19-6-2-1-3-7-19/h1-13H,14-18H2,(H,30,35). The minimum Gasteiger partial charge on any atom is -0.339 e. The van der Waals surface area contributed by atoms with Crippen molar-refractivity contribution in [2.75, 3.05) is 36.4 Å². The number of piperazine rings is 1. The number of amides is 2. The first-order valence-corrected chi connectivity index (χ1v) is 11.4. The van der Waals surface area contributed by atoms with Crippen molar-refractivity contribution < 1.29 is 18.0 Å². The molecule has 9 heteroatoms. The number of fused-ring (bicyclic) bond motifs is 1. The summed E-state index contributed by atoms with van der Waals surface area (Å²) in [6.07, 6.45) is -4.41. The Labute approximate surface area is 200 Å². The first-order chi connectivity index (χ1) is 16.9. The molecule has 3 aromatic carbocycles. The molecule has 6 nitrogen and oxygen atoms in total. The quantitative estimate of drug-likeness (QED) is 0.423. The highest BCUT2D eigenvalue weighted by Crippen LogP contribution is 2.30. The van der Waals surface area contributed by atoms with Gasteiger partial charge in [-0.15, -0.1) is 0 Å². The molecule has 1 aliphatic rings. The molecular weight excluding hydrogens is 455 g/mol. The molecule has 1 aliphatic heterocycles. The minimum absolute atomic E-state index is 0.329. The summed E-state index contributed by atoms with van der Waals surface area (Å²) in [5.41, 5.74) is 2.72. The zero-order valence-corrected chi connectivity index (χ0v) is 18.9. The highest BCUT2D eigenvalue weighted by molar-refractivity contribution is 5.89. The Balaban J connectivity index is 1.27. The topological polar surface area (TPSA) is 53.4 Å². The molecule has 0 saturated carbocycles. The summed E-state index contributed by atoms with van der Waals surface area (Å²) < 4.78 is 40.5. The predicted octanol–water partition coefficient (Wildman–Crippen LogP) is 5.46. The highest BCUT2D eigenvalue weighted by atomic mass is 19.4. The first kappa shape index (κ1) is 22.8. The van der Waals surface area contributed by atoms with Crippen LogP contribution in [-0.2, 0) is 12.7 Å². The van der Waals surface area contributed by atoms with E-state index in [9.17, 15) is 18.0 Å². The number of alkyl halides is 3. The van der Waals surface area contributed by atoms with E-state index in [4.69, 9.17) is 4.98 Å². The Kier molecular flexibility index (Phi) is 6.07. The van der Waals surface area contributed by atoms with Gasteiger partial charge in [0.05, 0.1) is 23.1 Å². The Morgan fingerprint density at radius 2 is 1.51 bits per heavy atom. The molecule has 35 heavy (non-hydrogen) atoms. The maximum absolute atomic E-state index is 12.8. The van der Waals surface area contributed by atoms with Gasteiger partial charge >= 0.3 is 12.2 Å². The van der Waals surface area contributed by atoms with Crippen molar-refractivity contribution in [1.82, 2.24) is 14.5 Å². The summed E-state index contributed by atoms with van der Waals surface area (Å²) in [4.78, 5) is 21.4. The summed E-state index contributed by atoms with van der Waals surface area (Å²) in [6.45, 7) is 2.82. The second kappa shape index (κ2) is 9.32. The molecule has 5 rings (SSSR count). The van der Waals surface area contributed by atoms with Crippen molar-refractivity contribution in [3.8, 4) is 0 Å². The van der Waals surface area contributed by atoms with Gasteiger partial charge < -0.3 is 19.7 Å². The van der Waals surface area contributed by atoms with Crippen LogP contribution in [0.4, 0.5) is 29.6 Å². The number of benzene rings is 3. The third-order valence-corrected chi connectivity index (χ3v) is 6.13. The number of anilines is 2. The maximum atomic E-state index is 12.8. The van der Waals surface area contributed by atoms with Gasteiger partial charge in [-0.3, -0.25) is 0 Å². The van der Waals surface area contributed by atoms with Crippen molar-refractivity contribution in [3.05, 3.63) is 90.0 Å². The Morgan fingerprint density at radius 1 is 0.857 bits per heavy atom. The highest BCUT2D eigenvalue weighted by Gasteiger charge is 2.30. The molecule has 0 aliphatic carbocycles. The van der Waals surface area contributed by atoms with Gasteiger partial charge in [-0.05, 0) is 42.0 Å². The summed E-state index contributed by atoms with van der Waals surface area (Å²) in [5, 5.41) is 2.69. The van der Waals surface area contributed by atoms with E-state index < -0.39 is 11.7 Å². The number of urea groups is 1. The van der Waals surface area contributed by atoms with Gasteiger partial charge in [-0.1, -0.05) is 42.5 Å². The zero-order chi connectivity index (χ0) is 24.4. The van der Waals surface area contributed by atoms with Gasteiger partial charge in [0, 0.05) is 31.9 Å². The third kappa shape index (κ3) is 4.94. The predicted molar refractivity (Wildman–Crippen MR) is 130 cm³/mol. The van der Waals surface area contributed by atoms with Crippen molar-refractivity contribution in [3.63, 3.8) is 0 Å². The molecule has 0 atom stereocenters. The van der Waals surface area contributed by atoms with Gasteiger partial charge in [-0.25, -0.2) is 9.78 Å². The number of aromatic nitrogens is 2. The number of nitrogens with zero attached hydrogens (tertiary/aromatic N) is 4. The van der Waals surface area contributed by atoms with E-state index in [1.807, 2.05) is 36.4 Å². The molecule has 1 N–H and O–H groups in total. The number of para-hydroxylation sites is 2. The lowest BCUT2D eigenvalue weighted by atomic mass is 10.2. The molecule has 0 unspecified atom stereocenters. The van der Waals surface area contributed by atoms with Gasteiger partial charge in [0.2, 0.25) is 5.95 Å². The second-order valence-corrected chi connectivity index (χ2v) is 8.45. The molecule has 2 heterocycles. The smallest absolute Gasteiger partial charge is 0.339 e. The van der Waals surface area contributed by atoms with E-state index in [1.54, 1.807) is 4.90 Å². The van der Waals surface area contributed by atoms with Crippen molar-refractivity contribution in [1.29, 1.82) is 0 Å². The molecule has 1 aromatic heterocycles. The Hall–Kier alpha value is -4.01. The molecular formula is C26H24F3N5O. The Morgan fingerprint density at radius 3 is 2.20 bits per heavy atom. The van der Waals surface area contributed by atoms with Crippen molar-refractivity contribution in [2.24, 2.45) is 0 Å². The van der Waals surface area contributed by atoms with E-state index in [1.165, 1.54) is 17.7 Å². The fraction of sp³-hybridized carbons (Fsp3) is 0.231. The molecule has 1 saturated heterocycles. The van der Waals surface area contributed by atoms with Crippen LogP contribution < -0.4 is 10.2 Å². The fourth-order valence-corrected chi connectivity index (χ4v) is 4.28. The molecule has 0 spiro atoms. The molecule has 180 valence electrons. The van der Waals surface area contributed by atoms with E-state index in [0.29, 0.717) is 38.4 Å². The average Bonchev–Trinajstić information content (AvgIpc) is 3.23. The number of rotatable bonds is 4. The van der Waals surface area contributed by atoms with E-state index in [2.05, 4.69) is 33.0 Å². The molecule has 1 fully saturated rings. The summed E-state index contributed by atoms with van der Waals surface area (Å²) in [5.74, 6) is 0.859. The number of hydrogen-bond donors (Lipinski definition) is 1. The van der Waals surface area contributed by atoms with Crippen LogP contribution in [0.2, 0.25) is 0 Å². The largest absolute Gasteiger partial charge is 0.416 e. The molecule has 0 bridgehead atoms.